The number of pyridine rings is 1. The molecule has 0 saturated carbocycles. The van der Waals surface area contributed by atoms with E-state index in [1.165, 1.54) is 0 Å². The minimum absolute atomic E-state index is 0.142. The minimum atomic E-state index is 0.142. The molecule has 0 spiro atoms. The van der Waals surface area contributed by atoms with Gasteiger partial charge in [-0.15, -0.1) is 0 Å². The van der Waals surface area contributed by atoms with Gasteiger partial charge < -0.3 is 16.8 Å². The highest BCUT2D eigenvalue weighted by Gasteiger charge is 2.06. The molecule has 0 aliphatic rings. The van der Waals surface area contributed by atoms with Gasteiger partial charge >= 0.3 is 0 Å². The number of nitrogens with zero attached hydrogens (tertiary/aromatic N) is 3. The molecule has 6 nitrogen and oxygen atoms in total. The molecule has 2 heterocycles. The predicted molar refractivity (Wildman–Crippen MR) is 84.9 cm³/mol. The van der Waals surface area contributed by atoms with Crippen LogP contribution in [0.25, 0.3) is 11.0 Å². The molecule has 0 amide bonds. The third kappa shape index (κ3) is 2.80. The number of halogens is 1. The Morgan fingerprint density at radius 3 is 2.62 bits per heavy atom. The van der Waals surface area contributed by atoms with E-state index in [2.05, 4.69) is 20.3 Å². The van der Waals surface area contributed by atoms with Gasteiger partial charge in [-0.05, 0) is 24.3 Å². The van der Waals surface area contributed by atoms with E-state index in [0.717, 1.165) is 11.4 Å². The van der Waals surface area contributed by atoms with Crippen molar-refractivity contribution in [1.29, 1.82) is 0 Å². The topological polar surface area (TPSA) is 103 Å². The Labute approximate surface area is 126 Å². The number of fused-ring (bicyclic) bond motifs is 1. The molecular weight excluding hydrogens is 288 g/mol. The van der Waals surface area contributed by atoms with E-state index in [1.54, 1.807) is 0 Å². The third-order valence-corrected chi connectivity index (χ3v) is 3.31. The number of hydrogen-bond acceptors (Lipinski definition) is 6. The maximum absolute atomic E-state index is 6.09. The quantitative estimate of drug-likeness (QED) is 0.686. The average Bonchev–Trinajstić information content (AvgIpc) is 2.46. The lowest BCUT2D eigenvalue weighted by atomic mass is 10.2. The summed E-state index contributed by atoms with van der Waals surface area (Å²) in [5.74, 6) is 0.417. The summed E-state index contributed by atoms with van der Waals surface area (Å²) in [6, 6.07) is 11.2. The smallest absolute Gasteiger partial charge is 0.222 e. The second-order valence-corrected chi connectivity index (χ2v) is 4.88. The second kappa shape index (κ2) is 5.41. The van der Waals surface area contributed by atoms with Crippen molar-refractivity contribution in [3.05, 3.63) is 47.1 Å². The molecule has 0 saturated heterocycles. The Morgan fingerprint density at radius 2 is 1.81 bits per heavy atom. The Morgan fingerprint density at radius 1 is 1.00 bits per heavy atom. The lowest BCUT2D eigenvalue weighted by Gasteiger charge is -2.09. The summed E-state index contributed by atoms with van der Waals surface area (Å²) in [6.07, 6.45) is 0. The molecule has 0 atom stereocenters. The van der Waals surface area contributed by atoms with Crippen molar-refractivity contribution in [2.45, 2.75) is 6.54 Å². The van der Waals surface area contributed by atoms with Crippen LogP contribution in [0.2, 0.25) is 5.02 Å². The molecule has 106 valence electrons. The lowest BCUT2D eigenvalue weighted by molar-refractivity contribution is 1.06. The maximum Gasteiger partial charge on any atom is 0.222 e. The fraction of sp³-hybridized carbons (Fsp3) is 0.0714. The van der Waals surface area contributed by atoms with Crippen LogP contribution in [-0.2, 0) is 6.54 Å². The normalized spacial score (nSPS) is 10.7. The fourth-order valence-corrected chi connectivity index (χ4v) is 2.19. The number of anilines is 3. The summed E-state index contributed by atoms with van der Waals surface area (Å²) in [7, 11) is 0. The highest BCUT2D eigenvalue weighted by Crippen LogP contribution is 2.22. The van der Waals surface area contributed by atoms with Crippen LogP contribution in [0.4, 0.5) is 17.5 Å². The van der Waals surface area contributed by atoms with Crippen molar-refractivity contribution in [2.75, 3.05) is 16.8 Å². The number of hydrogen-bond donors (Lipinski definition) is 3. The van der Waals surface area contributed by atoms with Crippen molar-refractivity contribution in [2.24, 2.45) is 0 Å². The van der Waals surface area contributed by atoms with Crippen LogP contribution in [0, 0.1) is 0 Å². The van der Waals surface area contributed by atoms with Gasteiger partial charge in [0.25, 0.3) is 0 Å². The van der Waals surface area contributed by atoms with Gasteiger partial charge in [-0.2, -0.15) is 4.98 Å². The van der Waals surface area contributed by atoms with Crippen LogP contribution < -0.4 is 16.8 Å². The first-order chi connectivity index (χ1) is 10.1. The zero-order valence-corrected chi connectivity index (χ0v) is 11.8. The molecule has 0 aliphatic heterocycles. The third-order valence-electron chi connectivity index (χ3n) is 2.98. The Kier molecular flexibility index (Phi) is 3.45. The summed E-state index contributed by atoms with van der Waals surface area (Å²) < 4.78 is 0. The first kappa shape index (κ1) is 13.4. The minimum Gasteiger partial charge on any atom is -0.382 e. The summed E-state index contributed by atoms with van der Waals surface area (Å²) in [4.78, 5) is 12.5. The standard InChI is InChI=1S/C14H13ClN6/c15-9-3-1-2-4-10(9)18-7-8-5-6-11-12(19-8)13(16)21-14(17)20-11/h1-6,18H,7H2,(H4,16,17,20,21). The molecule has 2 aromatic heterocycles. The van der Waals surface area contributed by atoms with Crippen LogP contribution in [-0.4, -0.2) is 15.0 Å². The highest BCUT2D eigenvalue weighted by atomic mass is 35.5. The monoisotopic (exact) mass is 300 g/mol. The number of benzene rings is 1. The molecule has 1 aromatic carbocycles. The summed E-state index contributed by atoms with van der Waals surface area (Å²) >= 11 is 6.09. The maximum atomic E-state index is 6.09. The fourth-order valence-electron chi connectivity index (χ4n) is 1.98. The Hall–Kier alpha value is -2.60. The van der Waals surface area contributed by atoms with Crippen LogP contribution in [0.5, 0.6) is 0 Å². The van der Waals surface area contributed by atoms with E-state index < -0.39 is 0 Å². The van der Waals surface area contributed by atoms with E-state index >= 15 is 0 Å². The van der Waals surface area contributed by atoms with Gasteiger partial charge in [0, 0.05) is 0 Å². The molecule has 3 rings (SSSR count). The molecule has 0 fully saturated rings. The zero-order chi connectivity index (χ0) is 14.8. The van der Waals surface area contributed by atoms with Gasteiger partial charge in [0.1, 0.15) is 5.52 Å². The van der Waals surface area contributed by atoms with Crippen LogP contribution in [0.1, 0.15) is 5.69 Å². The van der Waals surface area contributed by atoms with E-state index in [9.17, 15) is 0 Å². The summed E-state index contributed by atoms with van der Waals surface area (Å²) in [5, 5.41) is 3.89. The van der Waals surface area contributed by atoms with Crippen LogP contribution >= 0.6 is 11.6 Å². The first-order valence-electron chi connectivity index (χ1n) is 6.30. The molecule has 3 aromatic rings. The average molecular weight is 301 g/mol. The van der Waals surface area contributed by atoms with Gasteiger partial charge in [0.15, 0.2) is 5.82 Å². The predicted octanol–water partition coefficient (Wildman–Crippen LogP) is 2.45. The molecule has 0 unspecified atom stereocenters. The van der Waals surface area contributed by atoms with Gasteiger partial charge in [-0.25, -0.2) is 9.97 Å². The molecule has 0 aliphatic carbocycles. The SMILES string of the molecule is Nc1nc(N)c2nc(CNc3ccccc3Cl)ccc2n1. The number of nitrogens with two attached hydrogens (primary N) is 2. The van der Waals surface area contributed by atoms with E-state index in [1.807, 2.05) is 36.4 Å². The van der Waals surface area contributed by atoms with Crippen LogP contribution in [0.3, 0.4) is 0 Å². The molecule has 0 radical (unpaired) electrons. The van der Waals surface area contributed by atoms with Gasteiger partial charge in [-0.3, -0.25) is 0 Å². The van der Waals surface area contributed by atoms with Crippen molar-refractivity contribution in [3.8, 4) is 0 Å². The molecular formula is C14H13ClN6. The van der Waals surface area contributed by atoms with Gasteiger partial charge in [0.05, 0.1) is 28.5 Å². The number of aromatic nitrogens is 3. The number of nitrogen functional groups attached to an aromatic ring is 2. The number of para-hydroxylation sites is 1. The van der Waals surface area contributed by atoms with Crippen molar-refractivity contribution in [3.63, 3.8) is 0 Å². The summed E-state index contributed by atoms with van der Waals surface area (Å²) in [5.41, 5.74) is 14.2. The lowest BCUT2D eigenvalue weighted by Crippen LogP contribution is -2.05. The Bertz CT molecular complexity index is 805. The van der Waals surface area contributed by atoms with Crippen molar-refractivity contribution in [1.82, 2.24) is 15.0 Å². The Balaban J connectivity index is 1.87. The second-order valence-electron chi connectivity index (χ2n) is 4.47. The molecule has 0 bridgehead atoms. The molecule has 21 heavy (non-hydrogen) atoms. The highest BCUT2D eigenvalue weighted by molar-refractivity contribution is 6.33. The van der Waals surface area contributed by atoms with E-state index in [4.69, 9.17) is 23.1 Å². The van der Waals surface area contributed by atoms with E-state index in [0.29, 0.717) is 22.6 Å². The van der Waals surface area contributed by atoms with Gasteiger partial charge in [0.2, 0.25) is 5.95 Å². The molecule has 7 heteroatoms. The largest absolute Gasteiger partial charge is 0.382 e. The van der Waals surface area contributed by atoms with Crippen molar-refractivity contribution < 1.29 is 0 Å². The van der Waals surface area contributed by atoms with Gasteiger partial charge in [-0.1, -0.05) is 23.7 Å². The summed E-state index contributed by atoms with van der Waals surface area (Å²) in [6.45, 7) is 0.517. The molecule has 5 N–H and O–H groups in total. The number of nitrogens with one attached hydrogen (secondary N) is 1. The van der Waals surface area contributed by atoms with Crippen molar-refractivity contribution >= 4 is 40.1 Å². The van der Waals surface area contributed by atoms with Crippen LogP contribution in [0.15, 0.2) is 36.4 Å². The number of rotatable bonds is 3. The zero-order valence-electron chi connectivity index (χ0n) is 11.0. The first-order valence-corrected chi connectivity index (χ1v) is 6.68. The van der Waals surface area contributed by atoms with E-state index in [-0.39, 0.29) is 11.8 Å².